The topological polar surface area (TPSA) is 110 Å². The maximum absolute atomic E-state index is 11.7. The molecule has 1 aromatic heterocycles. The van der Waals surface area contributed by atoms with Crippen molar-refractivity contribution in [2.45, 2.75) is 13.0 Å². The minimum Gasteiger partial charge on any atom is -0.399 e. The molecule has 0 radical (unpaired) electrons. The number of aryl methyl sites for hydroxylation is 1. The number of nitriles is 1. The molecule has 19 heavy (non-hydrogen) atoms. The van der Waals surface area contributed by atoms with Crippen molar-refractivity contribution >= 4 is 17.3 Å². The lowest BCUT2D eigenvalue weighted by Crippen LogP contribution is -2.14. The summed E-state index contributed by atoms with van der Waals surface area (Å²) < 4.78 is 1.46. The Balaban J connectivity index is 1.84. The summed E-state index contributed by atoms with van der Waals surface area (Å²) in [6.45, 7) is 0.371. The molecule has 0 atom stereocenters. The zero-order valence-electron chi connectivity index (χ0n) is 10.1. The molecule has 2 aromatic rings. The van der Waals surface area contributed by atoms with Gasteiger partial charge in [-0.25, -0.2) is 4.98 Å². The van der Waals surface area contributed by atoms with Gasteiger partial charge in [0.25, 0.3) is 5.82 Å². The first-order chi connectivity index (χ1) is 9.17. The van der Waals surface area contributed by atoms with Crippen LogP contribution in [-0.2, 0) is 11.3 Å². The number of carbonyl (C=O) groups is 1. The molecular formula is C12H12N6O. The molecule has 0 spiro atoms. The predicted molar refractivity (Wildman–Crippen MR) is 68.8 cm³/mol. The van der Waals surface area contributed by atoms with E-state index >= 15 is 0 Å². The van der Waals surface area contributed by atoms with Crippen LogP contribution in [0.2, 0.25) is 0 Å². The highest BCUT2D eigenvalue weighted by Crippen LogP contribution is 2.10. The molecule has 0 aliphatic heterocycles. The summed E-state index contributed by atoms with van der Waals surface area (Å²) in [5, 5.41) is 15.2. The van der Waals surface area contributed by atoms with Crippen LogP contribution in [0.3, 0.4) is 0 Å². The van der Waals surface area contributed by atoms with Crippen molar-refractivity contribution in [3.63, 3.8) is 0 Å². The van der Waals surface area contributed by atoms with E-state index in [0.717, 1.165) is 0 Å². The molecule has 7 nitrogen and oxygen atoms in total. The van der Waals surface area contributed by atoms with E-state index in [-0.39, 0.29) is 18.2 Å². The van der Waals surface area contributed by atoms with Crippen molar-refractivity contribution in [1.29, 1.82) is 5.26 Å². The Morgan fingerprint density at radius 1 is 1.42 bits per heavy atom. The lowest BCUT2D eigenvalue weighted by Gasteiger charge is -2.05. The van der Waals surface area contributed by atoms with E-state index in [4.69, 9.17) is 11.0 Å². The van der Waals surface area contributed by atoms with Gasteiger partial charge in [-0.15, -0.1) is 5.10 Å². The van der Waals surface area contributed by atoms with Crippen LogP contribution >= 0.6 is 0 Å². The summed E-state index contributed by atoms with van der Waals surface area (Å²) in [5.41, 5.74) is 6.88. The first kappa shape index (κ1) is 12.6. The van der Waals surface area contributed by atoms with Crippen LogP contribution in [0.4, 0.5) is 11.4 Å². The number of nitrogens with two attached hydrogens (primary N) is 1. The smallest absolute Gasteiger partial charge is 0.252 e. The Labute approximate surface area is 109 Å². The first-order valence-electron chi connectivity index (χ1n) is 5.62. The molecule has 0 unspecified atom stereocenters. The molecule has 0 fully saturated rings. The molecule has 1 aromatic carbocycles. The lowest BCUT2D eigenvalue weighted by atomic mass is 10.3. The quantitative estimate of drug-likeness (QED) is 0.785. The second-order valence-corrected chi connectivity index (χ2v) is 3.86. The van der Waals surface area contributed by atoms with Gasteiger partial charge in [0.1, 0.15) is 12.4 Å². The SMILES string of the molecule is N#Cc1ncn(CCC(=O)Nc2ccc(N)cc2)n1. The maximum atomic E-state index is 11.7. The molecule has 0 bridgehead atoms. The van der Waals surface area contributed by atoms with E-state index in [9.17, 15) is 4.79 Å². The molecule has 0 saturated carbocycles. The van der Waals surface area contributed by atoms with Gasteiger partial charge in [0.2, 0.25) is 5.91 Å². The van der Waals surface area contributed by atoms with E-state index in [0.29, 0.717) is 17.9 Å². The third-order valence-corrected chi connectivity index (χ3v) is 2.40. The molecule has 0 aliphatic carbocycles. The van der Waals surface area contributed by atoms with Crippen molar-refractivity contribution in [3.8, 4) is 6.07 Å². The minimum atomic E-state index is -0.140. The third kappa shape index (κ3) is 3.54. The summed E-state index contributed by atoms with van der Waals surface area (Å²) >= 11 is 0. The second kappa shape index (κ2) is 5.64. The highest BCUT2D eigenvalue weighted by Gasteiger charge is 2.04. The van der Waals surface area contributed by atoms with Crippen molar-refractivity contribution < 1.29 is 4.79 Å². The van der Waals surface area contributed by atoms with Crippen LogP contribution in [0.5, 0.6) is 0 Å². The van der Waals surface area contributed by atoms with Crippen LogP contribution in [0.1, 0.15) is 12.2 Å². The number of hydrogen-bond acceptors (Lipinski definition) is 5. The summed E-state index contributed by atoms with van der Waals surface area (Å²) in [6.07, 6.45) is 1.67. The number of carbonyl (C=O) groups excluding carboxylic acids is 1. The van der Waals surface area contributed by atoms with Crippen LogP contribution in [0.15, 0.2) is 30.6 Å². The number of anilines is 2. The Hall–Kier alpha value is -2.88. The molecule has 0 saturated heterocycles. The highest BCUT2D eigenvalue weighted by atomic mass is 16.1. The second-order valence-electron chi connectivity index (χ2n) is 3.86. The number of nitrogen functional groups attached to an aromatic ring is 1. The molecule has 0 aliphatic rings. The van der Waals surface area contributed by atoms with E-state index < -0.39 is 0 Å². The minimum absolute atomic E-state index is 0.0962. The molecule has 96 valence electrons. The summed E-state index contributed by atoms with van der Waals surface area (Å²) in [6, 6.07) is 8.72. The van der Waals surface area contributed by atoms with E-state index in [1.807, 2.05) is 6.07 Å². The van der Waals surface area contributed by atoms with Crippen LogP contribution in [0, 0.1) is 11.3 Å². The number of amides is 1. The average molecular weight is 256 g/mol. The summed E-state index contributed by atoms with van der Waals surface area (Å²) in [7, 11) is 0. The zero-order valence-corrected chi connectivity index (χ0v) is 10.1. The van der Waals surface area contributed by atoms with Gasteiger partial charge in [0.05, 0.1) is 6.54 Å². The van der Waals surface area contributed by atoms with Crippen LogP contribution < -0.4 is 11.1 Å². The van der Waals surface area contributed by atoms with E-state index in [1.54, 1.807) is 24.3 Å². The Morgan fingerprint density at radius 2 is 2.16 bits per heavy atom. The predicted octanol–water partition coefficient (Wildman–Crippen LogP) is 0.761. The highest BCUT2D eigenvalue weighted by molar-refractivity contribution is 5.90. The van der Waals surface area contributed by atoms with Gasteiger partial charge in [0, 0.05) is 17.8 Å². The molecule has 7 heteroatoms. The van der Waals surface area contributed by atoms with Gasteiger partial charge in [-0.3, -0.25) is 9.48 Å². The van der Waals surface area contributed by atoms with Crippen molar-refractivity contribution in [1.82, 2.24) is 14.8 Å². The van der Waals surface area contributed by atoms with E-state index in [2.05, 4.69) is 15.4 Å². The normalized spacial score (nSPS) is 9.84. The van der Waals surface area contributed by atoms with Gasteiger partial charge in [0.15, 0.2) is 0 Å². The van der Waals surface area contributed by atoms with E-state index in [1.165, 1.54) is 11.0 Å². The van der Waals surface area contributed by atoms with Crippen molar-refractivity contribution in [2.75, 3.05) is 11.1 Å². The number of nitrogens with zero attached hydrogens (tertiary/aromatic N) is 4. The summed E-state index contributed by atoms with van der Waals surface area (Å²) in [4.78, 5) is 15.4. The van der Waals surface area contributed by atoms with Gasteiger partial charge in [-0.05, 0) is 24.3 Å². The van der Waals surface area contributed by atoms with Gasteiger partial charge in [-0.1, -0.05) is 0 Å². The Morgan fingerprint density at radius 3 is 2.79 bits per heavy atom. The van der Waals surface area contributed by atoms with Gasteiger partial charge in [-0.2, -0.15) is 5.26 Å². The molecule has 3 N–H and O–H groups in total. The Bertz CT molecular complexity index is 610. The number of aromatic nitrogens is 3. The third-order valence-electron chi connectivity index (χ3n) is 2.40. The average Bonchev–Trinajstić information content (AvgIpc) is 2.87. The number of benzene rings is 1. The van der Waals surface area contributed by atoms with Gasteiger partial charge < -0.3 is 11.1 Å². The van der Waals surface area contributed by atoms with Crippen molar-refractivity contribution in [2.24, 2.45) is 0 Å². The maximum Gasteiger partial charge on any atom is 0.252 e. The molecule has 1 heterocycles. The zero-order chi connectivity index (χ0) is 13.7. The lowest BCUT2D eigenvalue weighted by molar-refractivity contribution is -0.116. The van der Waals surface area contributed by atoms with Gasteiger partial charge >= 0.3 is 0 Å². The fourth-order valence-electron chi connectivity index (χ4n) is 1.46. The monoisotopic (exact) mass is 256 g/mol. The standard InChI is InChI=1S/C12H12N6O/c13-7-11-15-8-18(17-11)6-5-12(19)16-10-3-1-9(14)2-4-10/h1-4,8H,5-6,14H2,(H,16,19). The number of hydrogen-bond donors (Lipinski definition) is 2. The fourth-order valence-corrected chi connectivity index (χ4v) is 1.46. The van der Waals surface area contributed by atoms with Crippen LogP contribution in [-0.4, -0.2) is 20.7 Å². The number of nitrogens with one attached hydrogen (secondary N) is 1. The largest absolute Gasteiger partial charge is 0.399 e. The molecule has 2 rings (SSSR count). The summed E-state index contributed by atoms with van der Waals surface area (Å²) in [5.74, 6) is -0.0438. The van der Waals surface area contributed by atoms with Crippen molar-refractivity contribution in [3.05, 3.63) is 36.4 Å². The molecule has 1 amide bonds. The first-order valence-corrected chi connectivity index (χ1v) is 5.62. The Kier molecular flexibility index (Phi) is 3.73. The number of rotatable bonds is 4. The molecular weight excluding hydrogens is 244 g/mol. The fraction of sp³-hybridized carbons (Fsp3) is 0.167. The van der Waals surface area contributed by atoms with Crippen LogP contribution in [0.25, 0.3) is 0 Å².